The Morgan fingerprint density at radius 1 is 1.30 bits per heavy atom. The van der Waals surface area contributed by atoms with Crippen molar-refractivity contribution in [2.75, 3.05) is 0 Å². The van der Waals surface area contributed by atoms with Crippen LogP contribution in [0.5, 0.6) is 11.5 Å². The van der Waals surface area contributed by atoms with Gasteiger partial charge in [0.1, 0.15) is 0 Å². The van der Waals surface area contributed by atoms with Crippen LogP contribution in [-0.2, 0) is 0 Å². The minimum absolute atomic E-state index is 0.104. The summed E-state index contributed by atoms with van der Waals surface area (Å²) in [5.74, 6) is -0.209. The van der Waals surface area contributed by atoms with Gasteiger partial charge in [0.2, 0.25) is 0 Å². The summed E-state index contributed by atoms with van der Waals surface area (Å²) in [6.07, 6.45) is 0. The fraction of sp³-hybridized carbons (Fsp3) is 0. The van der Waals surface area contributed by atoms with Crippen LogP contribution in [0, 0.1) is 3.57 Å². The lowest BCUT2D eigenvalue weighted by Gasteiger charge is -2.00. The molecule has 0 heterocycles. The number of phenolic OH excluding ortho intramolecular Hbond substituents is 2. The van der Waals surface area contributed by atoms with Crippen LogP contribution in [0.2, 0.25) is 0 Å². The summed E-state index contributed by atoms with van der Waals surface area (Å²) in [5.41, 5.74) is 0. The van der Waals surface area contributed by atoms with Crippen molar-refractivity contribution in [1.82, 2.24) is 0 Å². The van der Waals surface area contributed by atoms with E-state index in [2.05, 4.69) is 15.9 Å². The van der Waals surface area contributed by atoms with Gasteiger partial charge in [-0.1, -0.05) is 0 Å². The molecule has 0 aliphatic carbocycles. The highest BCUT2D eigenvalue weighted by Crippen LogP contribution is 2.35. The molecule has 0 atom stereocenters. The van der Waals surface area contributed by atoms with E-state index in [9.17, 15) is 0 Å². The van der Waals surface area contributed by atoms with Crippen molar-refractivity contribution < 1.29 is 10.2 Å². The van der Waals surface area contributed by atoms with E-state index >= 15 is 0 Å². The second-order valence-electron chi connectivity index (χ2n) is 1.73. The van der Waals surface area contributed by atoms with Crippen LogP contribution >= 0.6 is 38.5 Å². The SMILES string of the molecule is Oc1ccc(I)c(Br)c1O. The highest BCUT2D eigenvalue weighted by molar-refractivity contribution is 14.1. The molecule has 10 heavy (non-hydrogen) atoms. The van der Waals surface area contributed by atoms with Crippen molar-refractivity contribution in [3.05, 3.63) is 20.2 Å². The average molecular weight is 315 g/mol. The Morgan fingerprint density at radius 3 is 2.40 bits per heavy atom. The van der Waals surface area contributed by atoms with Crippen molar-refractivity contribution in [1.29, 1.82) is 0 Å². The Morgan fingerprint density at radius 2 is 1.90 bits per heavy atom. The lowest BCUT2D eigenvalue weighted by atomic mass is 10.3. The molecule has 1 rings (SSSR count). The minimum Gasteiger partial charge on any atom is -0.504 e. The van der Waals surface area contributed by atoms with E-state index in [0.717, 1.165) is 3.57 Å². The lowest BCUT2D eigenvalue weighted by molar-refractivity contribution is 0.401. The molecular formula is C6H4BrIO2. The maximum Gasteiger partial charge on any atom is 0.173 e. The lowest BCUT2D eigenvalue weighted by Crippen LogP contribution is -1.75. The number of benzene rings is 1. The molecule has 4 heteroatoms. The molecule has 2 N–H and O–H groups in total. The first kappa shape index (κ1) is 8.13. The van der Waals surface area contributed by atoms with E-state index in [0.29, 0.717) is 4.47 Å². The van der Waals surface area contributed by atoms with Gasteiger partial charge in [-0.3, -0.25) is 0 Å². The molecule has 0 saturated carbocycles. The van der Waals surface area contributed by atoms with Crippen molar-refractivity contribution in [3.63, 3.8) is 0 Å². The summed E-state index contributed by atoms with van der Waals surface area (Å²) in [6.45, 7) is 0. The molecular weight excluding hydrogens is 311 g/mol. The zero-order chi connectivity index (χ0) is 7.72. The van der Waals surface area contributed by atoms with Gasteiger partial charge in [0, 0.05) is 3.57 Å². The number of hydrogen-bond donors (Lipinski definition) is 2. The highest BCUT2D eigenvalue weighted by atomic mass is 127. The first-order valence-corrected chi connectivity index (χ1v) is 4.36. The molecule has 0 aliphatic heterocycles. The maximum atomic E-state index is 9.09. The molecule has 0 saturated heterocycles. The average Bonchev–Trinajstić information content (AvgIpc) is 1.93. The molecule has 1 aromatic carbocycles. The van der Waals surface area contributed by atoms with Crippen molar-refractivity contribution >= 4 is 38.5 Å². The number of aromatic hydroxyl groups is 2. The van der Waals surface area contributed by atoms with Crippen molar-refractivity contribution in [2.24, 2.45) is 0 Å². The van der Waals surface area contributed by atoms with Crippen molar-refractivity contribution in [3.8, 4) is 11.5 Å². The molecule has 0 fully saturated rings. The summed E-state index contributed by atoms with van der Waals surface area (Å²) >= 11 is 5.16. The fourth-order valence-corrected chi connectivity index (χ4v) is 1.30. The Hall–Kier alpha value is 0.0300. The molecule has 1 aromatic rings. The Labute approximate surface area is 80.1 Å². The number of hydrogen-bond acceptors (Lipinski definition) is 2. The van der Waals surface area contributed by atoms with Gasteiger partial charge in [0.05, 0.1) is 4.47 Å². The van der Waals surface area contributed by atoms with E-state index < -0.39 is 0 Å². The molecule has 0 aliphatic rings. The van der Waals surface area contributed by atoms with Crippen molar-refractivity contribution in [2.45, 2.75) is 0 Å². The third-order valence-electron chi connectivity index (χ3n) is 1.05. The van der Waals surface area contributed by atoms with Crippen LogP contribution in [0.25, 0.3) is 0 Å². The monoisotopic (exact) mass is 314 g/mol. The second kappa shape index (κ2) is 2.96. The van der Waals surface area contributed by atoms with Gasteiger partial charge >= 0.3 is 0 Å². The molecule has 54 valence electrons. The topological polar surface area (TPSA) is 40.5 Å². The molecule has 0 bridgehead atoms. The molecule has 0 amide bonds. The summed E-state index contributed by atoms with van der Waals surface area (Å²) in [7, 11) is 0. The van der Waals surface area contributed by atoms with Crippen LogP contribution in [0.15, 0.2) is 16.6 Å². The first-order chi connectivity index (χ1) is 4.63. The number of halogens is 2. The van der Waals surface area contributed by atoms with Gasteiger partial charge < -0.3 is 10.2 Å². The van der Waals surface area contributed by atoms with Gasteiger partial charge in [-0.2, -0.15) is 0 Å². The predicted octanol–water partition coefficient (Wildman–Crippen LogP) is 2.46. The third-order valence-corrected chi connectivity index (χ3v) is 3.49. The van der Waals surface area contributed by atoms with E-state index in [1.54, 1.807) is 6.07 Å². The molecule has 2 nitrogen and oxygen atoms in total. The van der Waals surface area contributed by atoms with E-state index in [1.165, 1.54) is 6.07 Å². The summed E-state index contributed by atoms with van der Waals surface area (Å²) in [4.78, 5) is 0. The summed E-state index contributed by atoms with van der Waals surface area (Å²) < 4.78 is 1.40. The highest BCUT2D eigenvalue weighted by Gasteiger charge is 2.05. The quantitative estimate of drug-likeness (QED) is 0.570. The Bertz CT molecular complexity index is 235. The van der Waals surface area contributed by atoms with Crippen LogP contribution in [0.4, 0.5) is 0 Å². The van der Waals surface area contributed by atoms with Gasteiger partial charge in [-0.05, 0) is 50.7 Å². The Balaban J connectivity index is 3.34. The van der Waals surface area contributed by atoms with E-state index in [4.69, 9.17) is 10.2 Å². The number of phenols is 2. The number of rotatable bonds is 0. The van der Waals surface area contributed by atoms with Gasteiger partial charge in [0.15, 0.2) is 11.5 Å². The van der Waals surface area contributed by atoms with Gasteiger partial charge in [-0.15, -0.1) is 0 Å². The second-order valence-corrected chi connectivity index (χ2v) is 3.68. The molecule has 0 radical (unpaired) electrons. The minimum atomic E-state index is -0.105. The van der Waals surface area contributed by atoms with Crippen LogP contribution in [0.3, 0.4) is 0 Å². The largest absolute Gasteiger partial charge is 0.504 e. The normalized spacial score (nSPS) is 9.80. The molecule has 0 aromatic heterocycles. The first-order valence-electron chi connectivity index (χ1n) is 2.49. The Kier molecular flexibility index (Phi) is 2.40. The third kappa shape index (κ3) is 1.37. The van der Waals surface area contributed by atoms with Gasteiger partial charge in [0.25, 0.3) is 0 Å². The maximum absolute atomic E-state index is 9.09. The van der Waals surface area contributed by atoms with Crippen LogP contribution in [-0.4, -0.2) is 10.2 Å². The molecule has 0 spiro atoms. The molecule has 0 unspecified atom stereocenters. The standard InChI is InChI=1S/C6H4BrIO2/c7-5-3(8)1-2-4(9)6(5)10/h1-2,9-10H. The van der Waals surface area contributed by atoms with Gasteiger partial charge in [-0.25, -0.2) is 0 Å². The smallest absolute Gasteiger partial charge is 0.173 e. The van der Waals surface area contributed by atoms with E-state index in [-0.39, 0.29) is 11.5 Å². The van der Waals surface area contributed by atoms with E-state index in [1.807, 2.05) is 22.6 Å². The summed E-state index contributed by atoms with van der Waals surface area (Å²) in [6, 6.07) is 3.15. The fourth-order valence-electron chi connectivity index (χ4n) is 0.530. The van der Waals surface area contributed by atoms with Crippen LogP contribution in [0.1, 0.15) is 0 Å². The van der Waals surface area contributed by atoms with Crippen LogP contribution < -0.4 is 0 Å². The zero-order valence-corrected chi connectivity index (χ0v) is 8.55. The predicted molar refractivity (Wildman–Crippen MR) is 50.2 cm³/mol. The summed E-state index contributed by atoms with van der Waals surface area (Å²) in [5, 5.41) is 18.0. The zero-order valence-electron chi connectivity index (χ0n) is 4.81.